The van der Waals surface area contributed by atoms with Crippen molar-refractivity contribution in [3.05, 3.63) is 28.0 Å². The summed E-state index contributed by atoms with van der Waals surface area (Å²) in [6, 6.07) is 2.06. The van der Waals surface area contributed by atoms with Crippen molar-refractivity contribution >= 4 is 23.4 Å². The molecule has 3 nitrogen and oxygen atoms in total. The number of carboxylic acids is 1. The summed E-state index contributed by atoms with van der Waals surface area (Å²) in [5, 5.41) is 10.6. The lowest BCUT2D eigenvalue weighted by Crippen LogP contribution is -2.26. The minimum absolute atomic E-state index is 0.663. The molecule has 4 heteroatoms. The summed E-state index contributed by atoms with van der Waals surface area (Å²) in [4.78, 5) is 14.1. The van der Waals surface area contributed by atoms with Crippen molar-refractivity contribution in [2.24, 2.45) is 5.92 Å². The second kappa shape index (κ2) is 7.34. The molecular formula is C14H21NO2S. The monoisotopic (exact) mass is 267 g/mol. The average molecular weight is 267 g/mol. The Labute approximate surface area is 113 Å². The molecule has 0 amide bonds. The Morgan fingerprint density at radius 2 is 2.28 bits per heavy atom. The zero-order valence-electron chi connectivity index (χ0n) is 11.2. The molecule has 1 N–H and O–H groups in total. The molecule has 0 spiro atoms. The predicted octanol–water partition coefficient (Wildman–Crippen LogP) is 3.32. The van der Waals surface area contributed by atoms with Crippen molar-refractivity contribution in [1.82, 2.24) is 4.90 Å². The summed E-state index contributed by atoms with van der Waals surface area (Å²) in [6.45, 7) is 9.68. The fourth-order valence-corrected chi connectivity index (χ4v) is 2.67. The maximum atomic E-state index is 10.4. The number of aliphatic carboxylic acids is 1. The summed E-state index contributed by atoms with van der Waals surface area (Å²) < 4.78 is 0. The maximum Gasteiger partial charge on any atom is 0.328 e. The van der Waals surface area contributed by atoms with E-state index in [1.54, 1.807) is 17.4 Å². The van der Waals surface area contributed by atoms with E-state index in [0.29, 0.717) is 5.92 Å². The molecule has 0 unspecified atom stereocenters. The van der Waals surface area contributed by atoms with Gasteiger partial charge in [-0.05, 0) is 35.5 Å². The Kier molecular flexibility index (Phi) is 6.09. The van der Waals surface area contributed by atoms with Gasteiger partial charge >= 0.3 is 5.97 Å². The zero-order chi connectivity index (χ0) is 13.5. The van der Waals surface area contributed by atoms with Crippen LogP contribution >= 0.6 is 11.3 Å². The molecule has 0 saturated heterocycles. The third kappa shape index (κ3) is 5.47. The van der Waals surface area contributed by atoms with Crippen LogP contribution in [-0.2, 0) is 11.3 Å². The van der Waals surface area contributed by atoms with Gasteiger partial charge in [0.25, 0.3) is 0 Å². The van der Waals surface area contributed by atoms with Crippen LogP contribution in [0.25, 0.3) is 6.08 Å². The van der Waals surface area contributed by atoms with Crippen LogP contribution in [0.15, 0.2) is 17.5 Å². The summed E-state index contributed by atoms with van der Waals surface area (Å²) in [7, 11) is 0. The third-order valence-corrected chi connectivity index (χ3v) is 3.48. The molecular weight excluding hydrogens is 246 g/mol. The molecule has 0 aliphatic carbocycles. The lowest BCUT2D eigenvalue weighted by Gasteiger charge is -2.21. The second-order valence-corrected chi connectivity index (χ2v) is 5.74. The van der Waals surface area contributed by atoms with Crippen LogP contribution in [0, 0.1) is 5.92 Å². The van der Waals surface area contributed by atoms with Gasteiger partial charge in [0.2, 0.25) is 0 Å². The van der Waals surface area contributed by atoms with Gasteiger partial charge in [-0.15, -0.1) is 11.3 Å². The van der Waals surface area contributed by atoms with E-state index in [0.717, 1.165) is 25.2 Å². The first kappa shape index (κ1) is 14.9. The largest absolute Gasteiger partial charge is 0.478 e. The second-order valence-electron chi connectivity index (χ2n) is 4.74. The van der Waals surface area contributed by atoms with Crippen LogP contribution in [0.5, 0.6) is 0 Å². The highest BCUT2D eigenvalue weighted by molar-refractivity contribution is 7.10. The van der Waals surface area contributed by atoms with E-state index in [-0.39, 0.29) is 0 Å². The summed E-state index contributed by atoms with van der Waals surface area (Å²) in [6.07, 6.45) is 2.82. The van der Waals surface area contributed by atoms with Crippen molar-refractivity contribution in [1.29, 1.82) is 0 Å². The first-order valence-corrected chi connectivity index (χ1v) is 7.10. The molecule has 1 heterocycles. The van der Waals surface area contributed by atoms with Crippen LogP contribution < -0.4 is 0 Å². The maximum absolute atomic E-state index is 10.4. The Hall–Kier alpha value is -1.13. The molecule has 0 fully saturated rings. The first-order chi connectivity index (χ1) is 8.51. The molecule has 0 atom stereocenters. The average Bonchev–Trinajstić information content (AvgIpc) is 2.72. The van der Waals surface area contributed by atoms with E-state index < -0.39 is 5.97 Å². The van der Waals surface area contributed by atoms with Crippen LogP contribution in [0.3, 0.4) is 0 Å². The van der Waals surface area contributed by atoms with Gasteiger partial charge in [-0.1, -0.05) is 20.8 Å². The normalized spacial score (nSPS) is 11.8. The molecule has 1 aromatic rings. The van der Waals surface area contributed by atoms with Gasteiger partial charge in [0.05, 0.1) is 0 Å². The van der Waals surface area contributed by atoms with Crippen molar-refractivity contribution in [2.45, 2.75) is 27.3 Å². The minimum atomic E-state index is -0.905. The van der Waals surface area contributed by atoms with Gasteiger partial charge in [0, 0.05) is 24.0 Å². The molecule has 0 aromatic carbocycles. The predicted molar refractivity (Wildman–Crippen MR) is 76.8 cm³/mol. The van der Waals surface area contributed by atoms with E-state index in [1.807, 2.05) is 5.38 Å². The molecule has 0 aliphatic heterocycles. The molecule has 0 saturated carbocycles. The molecule has 1 rings (SSSR count). The van der Waals surface area contributed by atoms with Crippen molar-refractivity contribution in [3.8, 4) is 0 Å². The molecule has 0 radical (unpaired) electrons. The highest BCUT2D eigenvalue weighted by atomic mass is 32.1. The van der Waals surface area contributed by atoms with Gasteiger partial charge < -0.3 is 5.11 Å². The van der Waals surface area contributed by atoms with Gasteiger partial charge in [-0.2, -0.15) is 0 Å². The number of carbonyl (C=O) groups is 1. The van der Waals surface area contributed by atoms with E-state index in [4.69, 9.17) is 5.11 Å². The Balaban J connectivity index is 2.59. The van der Waals surface area contributed by atoms with E-state index in [2.05, 4.69) is 31.7 Å². The van der Waals surface area contributed by atoms with Crippen LogP contribution in [0.4, 0.5) is 0 Å². The molecule has 0 bridgehead atoms. The Morgan fingerprint density at radius 1 is 1.56 bits per heavy atom. The first-order valence-electron chi connectivity index (χ1n) is 6.22. The smallest absolute Gasteiger partial charge is 0.328 e. The van der Waals surface area contributed by atoms with Gasteiger partial charge in [0.1, 0.15) is 0 Å². The van der Waals surface area contributed by atoms with Gasteiger partial charge in [0.15, 0.2) is 0 Å². The summed E-state index contributed by atoms with van der Waals surface area (Å²) in [5.41, 5.74) is 0.970. The Morgan fingerprint density at radius 3 is 2.83 bits per heavy atom. The standard InChI is InChI=1S/C14H21NO2S/c1-4-15(8-11(2)3)9-13-7-12(10-18-13)5-6-14(16)17/h5-7,10-11H,4,8-9H2,1-3H3,(H,16,17). The summed E-state index contributed by atoms with van der Waals surface area (Å²) in [5.74, 6) is -0.242. The van der Waals surface area contributed by atoms with Crippen LogP contribution in [0.2, 0.25) is 0 Å². The number of hydrogen-bond donors (Lipinski definition) is 1. The van der Waals surface area contributed by atoms with E-state index >= 15 is 0 Å². The number of thiophene rings is 1. The van der Waals surface area contributed by atoms with Crippen LogP contribution in [0.1, 0.15) is 31.2 Å². The topological polar surface area (TPSA) is 40.5 Å². The van der Waals surface area contributed by atoms with E-state index in [9.17, 15) is 4.79 Å². The lowest BCUT2D eigenvalue weighted by atomic mass is 10.2. The van der Waals surface area contributed by atoms with Gasteiger partial charge in [-0.25, -0.2) is 4.79 Å². The molecule has 100 valence electrons. The number of hydrogen-bond acceptors (Lipinski definition) is 3. The fourth-order valence-electron chi connectivity index (χ4n) is 1.78. The highest BCUT2D eigenvalue weighted by Gasteiger charge is 2.07. The van der Waals surface area contributed by atoms with Crippen molar-refractivity contribution in [2.75, 3.05) is 13.1 Å². The summed E-state index contributed by atoms with van der Waals surface area (Å²) >= 11 is 1.69. The molecule has 0 aliphatic rings. The third-order valence-electron chi connectivity index (χ3n) is 2.54. The number of rotatable bonds is 7. The minimum Gasteiger partial charge on any atom is -0.478 e. The highest BCUT2D eigenvalue weighted by Crippen LogP contribution is 2.18. The fraction of sp³-hybridized carbons (Fsp3) is 0.500. The SMILES string of the molecule is CCN(Cc1cc(C=CC(=O)O)cs1)CC(C)C. The lowest BCUT2D eigenvalue weighted by molar-refractivity contribution is -0.131. The van der Waals surface area contributed by atoms with Crippen molar-refractivity contribution < 1.29 is 9.90 Å². The van der Waals surface area contributed by atoms with Gasteiger partial charge in [-0.3, -0.25) is 4.90 Å². The Bertz CT molecular complexity index is 410. The van der Waals surface area contributed by atoms with Crippen molar-refractivity contribution in [3.63, 3.8) is 0 Å². The number of nitrogens with zero attached hydrogens (tertiary/aromatic N) is 1. The quantitative estimate of drug-likeness (QED) is 0.770. The molecule has 18 heavy (non-hydrogen) atoms. The number of carboxylic acid groups (broad SMARTS) is 1. The van der Waals surface area contributed by atoms with E-state index in [1.165, 1.54) is 11.0 Å². The van der Waals surface area contributed by atoms with Crippen LogP contribution in [-0.4, -0.2) is 29.1 Å². The molecule has 1 aromatic heterocycles. The zero-order valence-corrected chi connectivity index (χ0v) is 12.0.